The van der Waals surface area contributed by atoms with E-state index in [0.717, 1.165) is 18.5 Å². The van der Waals surface area contributed by atoms with E-state index < -0.39 is 0 Å². The van der Waals surface area contributed by atoms with Crippen molar-refractivity contribution in [3.05, 3.63) is 0 Å². The Morgan fingerprint density at radius 1 is 1.19 bits per heavy atom. The third-order valence-electron chi connectivity index (χ3n) is 4.78. The monoisotopic (exact) mass is 224 g/mol. The molecule has 2 atom stereocenters. The van der Waals surface area contributed by atoms with Crippen LogP contribution in [-0.2, 0) is 0 Å². The quantitative estimate of drug-likeness (QED) is 0.770. The second-order valence-corrected chi connectivity index (χ2v) is 5.98. The number of nitrogens with two attached hydrogens (primary N) is 1. The van der Waals surface area contributed by atoms with E-state index in [1.54, 1.807) is 0 Å². The molecule has 0 bridgehead atoms. The number of rotatable bonds is 4. The SMILES string of the molecule is CCC1CCCC(CN)(NC2CCCC2)C1. The highest BCUT2D eigenvalue weighted by Crippen LogP contribution is 2.35. The summed E-state index contributed by atoms with van der Waals surface area (Å²) in [5, 5.41) is 3.92. The molecule has 0 amide bonds. The first-order valence-electron chi connectivity index (χ1n) is 7.26. The fourth-order valence-electron chi connectivity index (χ4n) is 3.71. The van der Waals surface area contributed by atoms with E-state index in [9.17, 15) is 0 Å². The van der Waals surface area contributed by atoms with Gasteiger partial charge in [-0.05, 0) is 31.6 Å². The van der Waals surface area contributed by atoms with Crippen LogP contribution in [0.1, 0.15) is 64.7 Å². The third-order valence-corrected chi connectivity index (χ3v) is 4.78. The minimum Gasteiger partial charge on any atom is -0.329 e. The van der Waals surface area contributed by atoms with Gasteiger partial charge in [-0.15, -0.1) is 0 Å². The molecule has 2 aliphatic rings. The van der Waals surface area contributed by atoms with Crippen molar-refractivity contribution in [2.75, 3.05) is 6.54 Å². The van der Waals surface area contributed by atoms with Crippen LogP contribution >= 0.6 is 0 Å². The Labute approximate surface area is 100 Å². The lowest BCUT2D eigenvalue weighted by atomic mass is 9.74. The van der Waals surface area contributed by atoms with Gasteiger partial charge in [0, 0.05) is 18.1 Å². The second-order valence-electron chi connectivity index (χ2n) is 5.98. The topological polar surface area (TPSA) is 38.0 Å². The fraction of sp³-hybridized carbons (Fsp3) is 1.00. The molecule has 16 heavy (non-hydrogen) atoms. The van der Waals surface area contributed by atoms with Gasteiger partial charge in [-0.3, -0.25) is 0 Å². The van der Waals surface area contributed by atoms with Crippen LogP contribution in [-0.4, -0.2) is 18.1 Å². The maximum Gasteiger partial charge on any atom is 0.0309 e. The molecule has 0 aliphatic heterocycles. The summed E-state index contributed by atoms with van der Waals surface area (Å²) in [5.74, 6) is 0.909. The highest BCUT2D eigenvalue weighted by molar-refractivity contribution is 4.97. The van der Waals surface area contributed by atoms with Gasteiger partial charge in [0.1, 0.15) is 0 Å². The predicted octanol–water partition coefficient (Wildman–Crippen LogP) is 2.82. The maximum atomic E-state index is 6.07. The first-order valence-corrected chi connectivity index (χ1v) is 7.26. The van der Waals surface area contributed by atoms with Crippen molar-refractivity contribution in [1.82, 2.24) is 5.32 Å². The van der Waals surface area contributed by atoms with Gasteiger partial charge in [0.25, 0.3) is 0 Å². The molecule has 0 heterocycles. The lowest BCUT2D eigenvalue weighted by Crippen LogP contribution is -2.56. The van der Waals surface area contributed by atoms with Crippen molar-refractivity contribution in [2.24, 2.45) is 11.7 Å². The Kier molecular flexibility index (Phi) is 4.26. The molecule has 2 saturated carbocycles. The lowest BCUT2D eigenvalue weighted by Gasteiger charge is -2.43. The molecule has 2 aliphatic carbocycles. The molecule has 2 nitrogen and oxygen atoms in total. The summed E-state index contributed by atoms with van der Waals surface area (Å²) in [6, 6.07) is 0.763. The van der Waals surface area contributed by atoms with E-state index in [2.05, 4.69) is 12.2 Å². The summed E-state index contributed by atoms with van der Waals surface area (Å²) in [6.45, 7) is 3.16. The molecular weight excluding hydrogens is 196 g/mol. The molecule has 2 fully saturated rings. The molecule has 3 N–H and O–H groups in total. The van der Waals surface area contributed by atoms with E-state index in [1.807, 2.05) is 0 Å². The van der Waals surface area contributed by atoms with Crippen molar-refractivity contribution in [3.8, 4) is 0 Å². The van der Waals surface area contributed by atoms with Crippen LogP contribution in [0.5, 0.6) is 0 Å². The number of nitrogens with one attached hydrogen (secondary N) is 1. The summed E-state index contributed by atoms with van der Waals surface area (Å²) in [5.41, 5.74) is 6.36. The Hall–Kier alpha value is -0.0800. The summed E-state index contributed by atoms with van der Waals surface area (Å²) in [6.07, 6.45) is 12.3. The molecule has 0 aromatic rings. The highest BCUT2D eigenvalue weighted by Gasteiger charge is 2.36. The van der Waals surface area contributed by atoms with E-state index >= 15 is 0 Å². The molecule has 2 rings (SSSR count). The summed E-state index contributed by atoms with van der Waals surface area (Å²) >= 11 is 0. The Morgan fingerprint density at radius 3 is 2.56 bits per heavy atom. The minimum atomic E-state index is 0.286. The Bertz CT molecular complexity index is 211. The van der Waals surface area contributed by atoms with Crippen LogP contribution in [0.2, 0.25) is 0 Å². The smallest absolute Gasteiger partial charge is 0.0309 e. The van der Waals surface area contributed by atoms with Gasteiger partial charge in [-0.1, -0.05) is 39.0 Å². The minimum absolute atomic E-state index is 0.286. The predicted molar refractivity (Wildman–Crippen MR) is 69.4 cm³/mol. The second kappa shape index (κ2) is 5.50. The molecule has 2 unspecified atom stereocenters. The van der Waals surface area contributed by atoms with Crippen molar-refractivity contribution in [3.63, 3.8) is 0 Å². The zero-order valence-electron chi connectivity index (χ0n) is 10.8. The first-order chi connectivity index (χ1) is 7.78. The molecule has 0 radical (unpaired) electrons. The normalized spacial score (nSPS) is 36.8. The van der Waals surface area contributed by atoms with Crippen LogP contribution in [0.3, 0.4) is 0 Å². The molecule has 0 spiro atoms. The van der Waals surface area contributed by atoms with E-state index in [0.29, 0.717) is 0 Å². The largest absolute Gasteiger partial charge is 0.329 e. The Balaban J connectivity index is 1.94. The van der Waals surface area contributed by atoms with Gasteiger partial charge >= 0.3 is 0 Å². The molecule has 0 aromatic carbocycles. The van der Waals surface area contributed by atoms with E-state index in [1.165, 1.54) is 57.8 Å². The highest BCUT2D eigenvalue weighted by atomic mass is 15.0. The maximum absolute atomic E-state index is 6.07. The van der Waals surface area contributed by atoms with Crippen molar-refractivity contribution in [2.45, 2.75) is 76.3 Å². The lowest BCUT2D eigenvalue weighted by molar-refractivity contribution is 0.164. The first kappa shape index (κ1) is 12.4. The molecule has 2 heteroatoms. The van der Waals surface area contributed by atoms with Gasteiger partial charge in [0.15, 0.2) is 0 Å². The fourth-order valence-corrected chi connectivity index (χ4v) is 3.71. The van der Waals surface area contributed by atoms with Crippen LogP contribution < -0.4 is 11.1 Å². The van der Waals surface area contributed by atoms with Crippen LogP contribution in [0.25, 0.3) is 0 Å². The standard InChI is InChI=1S/C14H28N2/c1-2-12-6-5-9-14(10-12,11-15)16-13-7-3-4-8-13/h12-13,16H,2-11,15H2,1H3. The van der Waals surface area contributed by atoms with Crippen LogP contribution in [0, 0.1) is 5.92 Å². The molecular formula is C14H28N2. The van der Waals surface area contributed by atoms with Crippen molar-refractivity contribution in [1.29, 1.82) is 0 Å². The van der Waals surface area contributed by atoms with Gasteiger partial charge in [0.2, 0.25) is 0 Å². The van der Waals surface area contributed by atoms with Crippen LogP contribution in [0.4, 0.5) is 0 Å². The molecule has 0 aromatic heterocycles. The number of hydrogen-bond donors (Lipinski definition) is 2. The van der Waals surface area contributed by atoms with Gasteiger partial charge in [0.05, 0.1) is 0 Å². The zero-order chi connectivity index (χ0) is 11.4. The van der Waals surface area contributed by atoms with E-state index in [4.69, 9.17) is 5.73 Å². The van der Waals surface area contributed by atoms with Gasteiger partial charge in [-0.25, -0.2) is 0 Å². The summed E-state index contributed by atoms with van der Waals surface area (Å²) in [4.78, 5) is 0. The summed E-state index contributed by atoms with van der Waals surface area (Å²) < 4.78 is 0. The van der Waals surface area contributed by atoms with Crippen molar-refractivity contribution < 1.29 is 0 Å². The van der Waals surface area contributed by atoms with E-state index in [-0.39, 0.29) is 5.54 Å². The third kappa shape index (κ3) is 2.78. The molecule has 94 valence electrons. The van der Waals surface area contributed by atoms with Crippen LogP contribution in [0.15, 0.2) is 0 Å². The average molecular weight is 224 g/mol. The summed E-state index contributed by atoms with van der Waals surface area (Å²) in [7, 11) is 0. The average Bonchev–Trinajstić information content (AvgIpc) is 2.82. The molecule has 0 saturated heterocycles. The van der Waals surface area contributed by atoms with Crippen molar-refractivity contribution >= 4 is 0 Å². The van der Waals surface area contributed by atoms with Gasteiger partial charge in [-0.2, -0.15) is 0 Å². The number of hydrogen-bond acceptors (Lipinski definition) is 2. The Morgan fingerprint density at radius 2 is 1.94 bits per heavy atom. The van der Waals surface area contributed by atoms with Gasteiger partial charge < -0.3 is 11.1 Å². The zero-order valence-corrected chi connectivity index (χ0v) is 10.8.